The predicted molar refractivity (Wildman–Crippen MR) is 135 cm³/mol. The van der Waals surface area contributed by atoms with Gasteiger partial charge in [-0.25, -0.2) is 0 Å². The van der Waals surface area contributed by atoms with Gasteiger partial charge in [-0.1, -0.05) is 50.2 Å². The molecule has 34 heavy (non-hydrogen) atoms. The average Bonchev–Trinajstić information content (AvgIpc) is 3.10. The Balaban J connectivity index is 2.04. The van der Waals surface area contributed by atoms with Gasteiger partial charge in [0.1, 0.15) is 18.1 Å². The van der Waals surface area contributed by atoms with Crippen LogP contribution in [0.25, 0.3) is 5.76 Å². The van der Waals surface area contributed by atoms with E-state index in [2.05, 4.69) is 25.3 Å². The maximum Gasteiger partial charge on any atom is 0.295 e. The molecule has 0 aromatic heterocycles. The Hall–Kier alpha value is -3.09. The number of aliphatic hydroxyl groups excluding tert-OH is 1. The summed E-state index contributed by atoms with van der Waals surface area (Å²) in [7, 11) is 0. The predicted octanol–water partition coefficient (Wildman–Crippen LogP) is 5.06. The zero-order valence-electron chi connectivity index (χ0n) is 19.7. The van der Waals surface area contributed by atoms with Crippen molar-refractivity contribution in [3.63, 3.8) is 0 Å². The number of hydrogen-bond acceptors (Lipinski definition) is 5. The van der Waals surface area contributed by atoms with Gasteiger partial charge in [0.05, 0.1) is 11.6 Å². The summed E-state index contributed by atoms with van der Waals surface area (Å²) in [6.07, 6.45) is 2.35. The molecule has 1 saturated heterocycles. The second kappa shape index (κ2) is 11.9. The summed E-state index contributed by atoms with van der Waals surface area (Å²) in [5.74, 6) is -0.934. The van der Waals surface area contributed by atoms with Gasteiger partial charge >= 0.3 is 0 Å². The van der Waals surface area contributed by atoms with Crippen molar-refractivity contribution < 1.29 is 19.4 Å². The molecular weight excluding hydrogens is 452 g/mol. The standard InChI is InChI=1S/C27H31ClN2O4/c1-4-17-34-22-10-7-9-20(18-22)24-23(25(31)19-11-13-21(28)14-12-19)26(32)27(33)30(24)16-8-15-29(5-2)6-3/h4,7,9-14,18,24,31H,1,5-6,8,15-17H2,2-3H3/t24-/m1/s1. The summed E-state index contributed by atoms with van der Waals surface area (Å²) < 4.78 is 5.67. The Bertz CT molecular complexity index is 1060. The second-order valence-electron chi connectivity index (χ2n) is 8.05. The van der Waals surface area contributed by atoms with Crippen LogP contribution in [0.5, 0.6) is 5.75 Å². The Labute approximate surface area is 206 Å². The van der Waals surface area contributed by atoms with Crippen LogP contribution in [0.15, 0.2) is 66.8 Å². The maximum atomic E-state index is 13.2. The smallest absolute Gasteiger partial charge is 0.295 e. The van der Waals surface area contributed by atoms with Crippen molar-refractivity contribution >= 4 is 29.1 Å². The first-order chi connectivity index (χ1) is 16.4. The summed E-state index contributed by atoms with van der Waals surface area (Å²) in [6, 6.07) is 13.1. The van der Waals surface area contributed by atoms with E-state index in [0.29, 0.717) is 41.5 Å². The lowest BCUT2D eigenvalue weighted by Gasteiger charge is -2.27. The van der Waals surface area contributed by atoms with Crippen LogP contribution in [0.3, 0.4) is 0 Å². The second-order valence-corrected chi connectivity index (χ2v) is 8.49. The van der Waals surface area contributed by atoms with Gasteiger partial charge in [0.15, 0.2) is 0 Å². The summed E-state index contributed by atoms with van der Waals surface area (Å²) >= 11 is 5.99. The molecule has 0 saturated carbocycles. The average molecular weight is 483 g/mol. The summed E-state index contributed by atoms with van der Waals surface area (Å²) in [6.45, 7) is 11.2. The molecule has 6 nitrogen and oxygen atoms in total. The third-order valence-corrected chi connectivity index (χ3v) is 6.22. The number of aliphatic hydroxyl groups is 1. The zero-order valence-corrected chi connectivity index (χ0v) is 20.4. The van der Waals surface area contributed by atoms with Crippen molar-refractivity contribution in [2.24, 2.45) is 0 Å². The number of carbonyl (C=O) groups excluding carboxylic acids is 2. The van der Waals surface area contributed by atoms with Gasteiger partial charge in [-0.3, -0.25) is 9.59 Å². The lowest BCUT2D eigenvalue weighted by atomic mass is 9.95. The molecule has 1 heterocycles. The molecule has 0 spiro atoms. The van der Waals surface area contributed by atoms with E-state index in [1.165, 1.54) is 0 Å². The summed E-state index contributed by atoms with van der Waals surface area (Å²) in [5, 5.41) is 11.6. The molecule has 7 heteroatoms. The number of nitrogens with zero attached hydrogens (tertiary/aromatic N) is 2. The Morgan fingerprint density at radius 3 is 2.53 bits per heavy atom. The van der Waals surface area contributed by atoms with E-state index in [9.17, 15) is 14.7 Å². The topological polar surface area (TPSA) is 70.1 Å². The van der Waals surface area contributed by atoms with E-state index in [-0.39, 0.29) is 11.3 Å². The third-order valence-electron chi connectivity index (χ3n) is 5.97. The van der Waals surface area contributed by atoms with Crippen molar-refractivity contribution in [2.45, 2.75) is 26.3 Å². The van der Waals surface area contributed by atoms with Gasteiger partial charge in [0, 0.05) is 17.1 Å². The molecule has 1 aliphatic heterocycles. The number of benzene rings is 2. The minimum atomic E-state index is -0.723. The lowest BCUT2D eigenvalue weighted by molar-refractivity contribution is -0.140. The molecule has 0 aliphatic carbocycles. The van der Waals surface area contributed by atoms with Crippen LogP contribution in [0.1, 0.15) is 37.4 Å². The highest BCUT2D eigenvalue weighted by molar-refractivity contribution is 6.46. The Morgan fingerprint density at radius 1 is 1.18 bits per heavy atom. The normalized spacial score (nSPS) is 17.4. The lowest BCUT2D eigenvalue weighted by Crippen LogP contribution is -2.33. The number of amides is 1. The fraction of sp³-hybridized carbons (Fsp3) is 0.333. The Morgan fingerprint density at radius 2 is 1.88 bits per heavy atom. The largest absolute Gasteiger partial charge is 0.507 e. The molecule has 3 rings (SSSR count). The maximum absolute atomic E-state index is 13.2. The molecule has 1 N–H and O–H groups in total. The molecule has 1 amide bonds. The van der Waals surface area contributed by atoms with E-state index in [1.54, 1.807) is 47.4 Å². The van der Waals surface area contributed by atoms with E-state index in [4.69, 9.17) is 16.3 Å². The molecule has 2 aromatic carbocycles. The highest BCUT2D eigenvalue weighted by atomic mass is 35.5. The monoisotopic (exact) mass is 482 g/mol. The molecule has 0 bridgehead atoms. The quantitative estimate of drug-likeness (QED) is 0.210. The van der Waals surface area contributed by atoms with Crippen molar-refractivity contribution in [1.82, 2.24) is 9.80 Å². The van der Waals surface area contributed by atoms with Crippen molar-refractivity contribution in [3.05, 3.63) is 82.9 Å². The first-order valence-corrected chi connectivity index (χ1v) is 11.9. The molecule has 2 aromatic rings. The zero-order chi connectivity index (χ0) is 24.7. The summed E-state index contributed by atoms with van der Waals surface area (Å²) in [4.78, 5) is 30.1. The molecule has 1 aliphatic rings. The number of Topliss-reactive ketones (excluding diaryl/α,β-unsaturated/α-hetero) is 1. The van der Waals surface area contributed by atoms with Crippen molar-refractivity contribution in [1.29, 1.82) is 0 Å². The van der Waals surface area contributed by atoms with Crippen LogP contribution in [0, 0.1) is 0 Å². The molecule has 0 radical (unpaired) electrons. The third kappa shape index (κ3) is 5.69. The number of rotatable bonds is 11. The van der Waals surface area contributed by atoms with Crippen LogP contribution in [0.4, 0.5) is 0 Å². The number of hydrogen-bond donors (Lipinski definition) is 1. The number of ether oxygens (including phenoxy) is 1. The first kappa shape index (κ1) is 25.5. The fourth-order valence-corrected chi connectivity index (χ4v) is 4.28. The van der Waals surface area contributed by atoms with E-state index < -0.39 is 17.7 Å². The number of carbonyl (C=O) groups is 2. The van der Waals surface area contributed by atoms with Gasteiger partial charge in [-0.05, 0) is 68.0 Å². The van der Waals surface area contributed by atoms with Crippen molar-refractivity contribution in [2.75, 3.05) is 32.8 Å². The van der Waals surface area contributed by atoms with Crippen LogP contribution in [-0.4, -0.2) is 59.4 Å². The van der Waals surface area contributed by atoms with Gasteiger partial charge in [0.2, 0.25) is 0 Å². The van der Waals surface area contributed by atoms with E-state index in [0.717, 1.165) is 19.6 Å². The van der Waals surface area contributed by atoms with E-state index in [1.807, 2.05) is 12.1 Å². The number of halogens is 1. The van der Waals surface area contributed by atoms with Gasteiger partial charge in [-0.15, -0.1) is 0 Å². The number of ketones is 1. The highest BCUT2D eigenvalue weighted by Crippen LogP contribution is 2.40. The SMILES string of the molecule is C=CCOc1cccc([C@@H]2C(=C(O)c3ccc(Cl)cc3)C(=O)C(=O)N2CCCN(CC)CC)c1. The van der Waals surface area contributed by atoms with Crippen LogP contribution in [0.2, 0.25) is 5.02 Å². The number of likely N-dealkylation sites (tertiary alicyclic amines) is 1. The first-order valence-electron chi connectivity index (χ1n) is 11.5. The molecular formula is C27H31ClN2O4. The summed E-state index contributed by atoms with van der Waals surface area (Å²) in [5.41, 5.74) is 1.18. The van der Waals surface area contributed by atoms with Gasteiger partial charge < -0.3 is 19.6 Å². The molecule has 0 unspecified atom stereocenters. The molecule has 180 valence electrons. The van der Waals surface area contributed by atoms with Crippen molar-refractivity contribution in [3.8, 4) is 5.75 Å². The van der Waals surface area contributed by atoms with Gasteiger partial charge in [-0.2, -0.15) is 0 Å². The van der Waals surface area contributed by atoms with E-state index >= 15 is 0 Å². The minimum absolute atomic E-state index is 0.0658. The fourth-order valence-electron chi connectivity index (χ4n) is 4.15. The van der Waals surface area contributed by atoms with Gasteiger partial charge in [0.25, 0.3) is 11.7 Å². The molecule has 1 atom stereocenters. The highest BCUT2D eigenvalue weighted by Gasteiger charge is 2.45. The van der Waals surface area contributed by atoms with Crippen LogP contribution >= 0.6 is 11.6 Å². The Kier molecular flexibility index (Phi) is 8.91. The van der Waals surface area contributed by atoms with Crippen LogP contribution in [-0.2, 0) is 9.59 Å². The minimum Gasteiger partial charge on any atom is -0.507 e. The molecule has 1 fully saturated rings. The van der Waals surface area contributed by atoms with Crippen LogP contribution < -0.4 is 4.74 Å².